The second-order valence-corrected chi connectivity index (χ2v) is 4.93. The third-order valence-electron chi connectivity index (χ3n) is 3.35. The van der Waals surface area contributed by atoms with Gasteiger partial charge in [0.25, 0.3) is 5.56 Å². The Morgan fingerprint density at radius 1 is 1.10 bits per heavy atom. The highest BCUT2D eigenvalue weighted by atomic mass is 35.5. The molecule has 0 aliphatic heterocycles. The third kappa shape index (κ3) is 2.54. The van der Waals surface area contributed by atoms with Crippen LogP contribution in [-0.2, 0) is 12.4 Å². The monoisotopic (exact) mass is 302 g/mol. The fraction of sp³-hybridized carbons (Fsp3) is 0.125. The molecule has 0 radical (unpaired) electrons. The Morgan fingerprint density at radius 3 is 2.57 bits per heavy atom. The molecular formula is C16H12ClFN2O. The first-order valence-corrected chi connectivity index (χ1v) is 7.02. The normalized spacial score (nSPS) is 11.0. The van der Waals surface area contributed by atoms with Crippen molar-refractivity contribution in [3.8, 4) is 0 Å². The molecule has 0 saturated carbocycles. The van der Waals surface area contributed by atoms with E-state index >= 15 is 0 Å². The molecule has 1 aromatic heterocycles. The van der Waals surface area contributed by atoms with Gasteiger partial charge in [-0.3, -0.25) is 9.36 Å². The van der Waals surface area contributed by atoms with Crippen LogP contribution < -0.4 is 5.56 Å². The average molecular weight is 303 g/mol. The van der Waals surface area contributed by atoms with Gasteiger partial charge in [0.2, 0.25) is 0 Å². The van der Waals surface area contributed by atoms with Crippen molar-refractivity contribution in [1.29, 1.82) is 0 Å². The first-order valence-electron chi connectivity index (χ1n) is 6.48. The maximum atomic E-state index is 13.8. The van der Waals surface area contributed by atoms with Crippen LogP contribution in [0.5, 0.6) is 0 Å². The Labute approximate surface area is 125 Å². The Morgan fingerprint density at radius 2 is 1.81 bits per heavy atom. The van der Waals surface area contributed by atoms with E-state index in [9.17, 15) is 9.18 Å². The predicted molar refractivity (Wildman–Crippen MR) is 81.1 cm³/mol. The number of aromatic nitrogens is 2. The van der Waals surface area contributed by atoms with Gasteiger partial charge < -0.3 is 0 Å². The smallest absolute Gasteiger partial charge is 0.261 e. The summed E-state index contributed by atoms with van der Waals surface area (Å²) in [5.41, 5.74) is 0.825. The lowest BCUT2D eigenvalue weighted by Crippen LogP contribution is -2.25. The van der Waals surface area contributed by atoms with Crippen LogP contribution in [0.4, 0.5) is 4.39 Å². The van der Waals surface area contributed by atoms with E-state index in [1.54, 1.807) is 36.4 Å². The summed E-state index contributed by atoms with van der Waals surface area (Å²) in [4.78, 5) is 17.0. The Balaban J connectivity index is 2.20. The SMILES string of the molecule is O=c1c2ccccc2nc(CCl)n1Cc1ccccc1F. The number of rotatable bonds is 3. The van der Waals surface area contributed by atoms with Gasteiger partial charge in [0.1, 0.15) is 11.6 Å². The van der Waals surface area contributed by atoms with E-state index in [4.69, 9.17) is 11.6 Å². The van der Waals surface area contributed by atoms with Crippen molar-refractivity contribution in [1.82, 2.24) is 9.55 Å². The lowest BCUT2D eigenvalue weighted by Gasteiger charge is -2.12. The molecule has 3 aromatic rings. The molecule has 21 heavy (non-hydrogen) atoms. The molecule has 106 valence electrons. The number of halogens is 2. The van der Waals surface area contributed by atoms with E-state index in [2.05, 4.69) is 4.98 Å². The zero-order valence-corrected chi connectivity index (χ0v) is 11.8. The van der Waals surface area contributed by atoms with E-state index in [0.29, 0.717) is 22.3 Å². The quantitative estimate of drug-likeness (QED) is 0.696. The lowest BCUT2D eigenvalue weighted by molar-refractivity contribution is 0.590. The summed E-state index contributed by atoms with van der Waals surface area (Å²) in [5.74, 6) is 0.177. The zero-order chi connectivity index (χ0) is 14.8. The summed E-state index contributed by atoms with van der Waals surface area (Å²) < 4.78 is 15.2. The molecular weight excluding hydrogens is 291 g/mol. The Kier molecular flexibility index (Phi) is 3.71. The molecule has 0 fully saturated rings. The predicted octanol–water partition coefficient (Wildman–Crippen LogP) is 3.32. The van der Waals surface area contributed by atoms with Gasteiger partial charge in [0.15, 0.2) is 0 Å². The zero-order valence-electron chi connectivity index (χ0n) is 11.1. The van der Waals surface area contributed by atoms with Gasteiger partial charge in [-0.25, -0.2) is 9.37 Å². The van der Waals surface area contributed by atoms with Gasteiger partial charge >= 0.3 is 0 Å². The molecule has 3 rings (SSSR count). The molecule has 0 aliphatic carbocycles. The lowest BCUT2D eigenvalue weighted by atomic mass is 10.2. The Hall–Kier alpha value is -2.20. The second kappa shape index (κ2) is 5.66. The van der Waals surface area contributed by atoms with Crippen molar-refractivity contribution in [2.24, 2.45) is 0 Å². The highest BCUT2D eigenvalue weighted by Crippen LogP contribution is 2.13. The number of fused-ring (bicyclic) bond motifs is 1. The van der Waals surface area contributed by atoms with Gasteiger partial charge in [0.05, 0.1) is 23.3 Å². The fourth-order valence-corrected chi connectivity index (χ4v) is 2.48. The van der Waals surface area contributed by atoms with Crippen LogP contribution in [0.15, 0.2) is 53.3 Å². The van der Waals surface area contributed by atoms with Crippen molar-refractivity contribution < 1.29 is 4.39 Å². The number of hydrogen-bond acceptors (Lipinski definition) is 2. The summed E-state index contributed by atoms with van der Waals surface area (Å²) in [6.07, 6.45) is 0. The van der Waals surface area contributed by atoms with Gasteiger partial charge in [-0.05, 0) is 18.2 Å². The number of hydrogen-bond donors (Lipinski definition) is 0. The summed E-state index contributed by atoms with van der Waals surface area (Å²) in [7, 11) is 0. The van der Waals surface area contributed by atoms with E-state index in [0.717, 1.165) is 0 Å². The molecule has 0 bridgehead atoms. The summed E-state index contributed by atoms with van der Waals surface area (Å²) >= 11 is 5.89. The summed E-state index contributed by atoms with van der Waals surface area (Å²) in [6.45, 7) is 0.116. The van der Waals surface area contributed by atoms with Gasteiger partial charge in [-0.15, -0.1) is 11.6 Å². The van der Waals surface area contributed by atoms with Crippen LogP contribution in [-0.4, -0.2) is 9.55 Å². The highest BCUT2D eigenvalue weighted by Gasteiger charge is 2.12. The molecule has 0 atom stereocenters. The van der Waals surface area contributed by atoms with Crippen molar-refractivity contribution in [3.05, 3.63) is 76.1 Å². The maximum absolute atomic E-state index is 13.8. The molecule has 0 aliphatic rings. The molecule has 5 heteroatoms. The standard InChI is InChI=1S/C16H12ClFN2O/c17-9-15-19-14-8-4-2-6-12(14)16(21)20(15)10-11-5-1-3-7-13(11)18/h1-8H,9-10H2. The molecule has 3 nitrogen and oxygen atoms in total. The minimum Gasteiger partial charge on any atom is -0.291 e. The van der Waals surface area contributed by atoms with Gasteiger partial charge in [-0.1, -0.05) is 30.3 Å². The number of nitrogens with zero attached hydrogens (tertiary/aromatic N) is 2. The van der Waals surface area contributed by atoms with Gasteiger partial charge in [-0.2, -0.15) is 0 Å². The fourth-order valence-electron chi connectivity index (χ4n) is 2.28. The summed E-state index contributed by atoms with van der Waals surface area (Å²) in [5, 5.41) is 0.503. The van der Waals surface area contributed by atoms with Crippen LogP contribution >= 0.6 is 11.6 Å². The number of alkyl halides is 1. The first kappa shape index (κ1) is 13.8. The molecule has 0 amide bonds. The van der Waals surface area contributed by atoms with Crippen LogP contribution in [0, 0.1) is 5.82 Å². The van der Waals surface area contributed by atoms with Crippen molar-refractivity contribution >= 4 is 22.5 Å². The van der Waals surface area contributed by atoms with E-state index in [1.807, 2.05) is 6.07 Å². The molecule has 0 N–H and O–H groups in total. The molecule has 2 aromatic carbocycles. The van der Waals surface area contributed by atoms with E-state index in [1.165, 1.54) is 10.6 Å². The average Bonchev–Trinajstić information content (AvgIpc) is 2.52. The molecule has 1 heterocycles. The summed E-state index contributed by atoms with van der Waals surface area (Å²) in [6, 6.07) is 13.4. The second-order valence-electron chi connectivity index (χ2n) is 4.66. The van der Waals surface area contributed by atoms with E-state index < -0.39 is 0 Å². The Bertz CT molecular complexity index is 860. The van der Waals surface area contributed by atoms with Crippen LogP contribution in [0.2, 0.25) is 0 Å². The van der Waals surface area contributed by atoms with Crippen molar-refractivity contribution in [2.45, 2.75) is 12.4 Å². The topological polar surface area (TPSA) is 34.9 Å². The molecule has 0 spiro atoms. The maximum Gasteiger partial charge on any atom is 0.261 e. The molecule has 0 unspecified atom stereocenters. The van der Waals surface area contributed by atoms with Crippen LogP contribution in [0.25, 0.3) is 10.9 Å². The van der Waals surface area contributed by atoms with E-state index in [-0.39, 0.29) is 23.8 Å². The third-order valence-corrected chi connectivity index (χ3v) is 3.59. The first-order chi connectivity index (χ1) is 10.2. The van der Waals surface area contributed by atoms with Crippen molar-refractivity contribution in [2.75, 3.05) is 0 Å². The minimum atomic E-state index is -0.349. The van der Waals surface area contributed by atoms with Gasteiger partial charge in [0, 0.05) is 5.56 Å². The van der Waals surface area contributed by atoms with Crippen molar-refractivity contribution in [3.63, 3.8) is 0 Å². The number of para-hydroxylation sites is 1. The molecule has 0 saturated heterocycles. The number of benzene rings is 2. The highest BCUT2D eigenvalue weighted by molar-refractivity contribution is 6.16. The largest absolute Gasteiger partial charge is 0.291 e. The minimum absolute atomic E-state index is 0.0918. The van der Waals surface area contributed by atoms with Crippen LogP contribution in [0.1, 0.15) is 11.4 Å². The van der Waals surface area contributed by atoms with Crippen LogP contribution in [0.3, 0.4) is 0 Å².